The Morgan fingerprint density at radius 2 is 1.91 bits per heavy atom. The van der Waals surface area contributed by atoms with E-state index in [9.17, 15) is 27.6 Å². The minimum atomic E-state index is -4.55. The van der Waals surface area contributed by atoms with Crippen LogP contribution in [0.4, 0.5) is 23.1 Å². The van der Waals surface area contributed by atoms with E-state index < -0.39 is 23.4 Å². The number of hydrogen-bond acceptors (Lipinski definition) is 7. The topological polar surface area (TPSA) is 108 Å². The van der Waals surface area contributed by atoms with Gasteiger partial charge in [0.25, 0.3) is 5.91 Å². The lowest BCUT2D eigenvalue weighted by Gasteiger charge is -2.37. The quantitative estimate of drug-likeness (QED) is 0.635. The fraction of sp³-hybridized carbons (Fsp3) is 0.450. The molecule has 176 valence electrons. The molecule has 9 nitrogen and oxygen atoms in total. The van der Waals surface area contributed by atoms with Gasteiger partial charge in [-0.05, 0) is 24.5 Å². The Morgan fingerprint density at radius 3 is 2.52 bits per heavy atom. The van der Waals surface area contributed by atoms with Crippen molar-refractivity contribution in [2.75, 3.05) is 18.4 Å². The number of rotatable bonds is 5. The van der Waals surface area contributed by atoms with Gasteiger partial charge in [-0.1, -0.05) is 6.07 Å². The molecule has 0 unspecified atom stereocenters. The molecular weight excluding hydrogens is 461 g/mol. The Kier molecular flexibility index (Phi) is 6.10. The van der Waals surface area contributed by atoms with Gasteiger partial charge in [0.15, 0.2) is 5.13 Å². The van der Waals surface area contributed by atoms with Crippen molar-refractivity contribution in [1.29, 1.82) is 0 Å². The molecule has 0 saturated carbocycles. The number of anilines is 1. The highest BCUT2D eigenvalue weighted by molar-refractivity contribution is 7.15. The lowest BCUT2D eigenvalue weighted by molar-refractivity contribution is -0.141. The van der Waals surface area contributed by atoms with Crippen molar-refractivity contribution in [3.05, 3.63) is 40.7 Å². The van der Waals surface area contributed by atoms with Gasteiger partial charge in [0.2, 0.25) is 5.91 Å². The van der Waals surface area contributed by atoms with Crippen LogP contribution in [0.5, 0.6) is 0 Å². The van der Waals surface area contributed by atoms with Crippen LogP contribution in [-0.2, 0) is 28.9 Å². The Balaban J connectivity index is 1.35. The molecule has 1 spiro atoms. The van der Waals surface area contributed by atoms with Crippen LogP contribution >= 0.6 is 11.3 Å². The highest BCUT2D eigenvalue weighted by Crippen LogP contribution is 2.32. The number of nitrogens with zero attached hydrogens (tertiary/aromatic N) is 4. The summed E-state index contributed by atoms with van der Waals surface area (Å²) in [5, 5.41) is 5.95. The van der Waals surface area contributed by atoms with Crippen molar-refractivity contribution < 1.29 is 27.6 Å². The van der Waals surface area contributed by atoms with Gasteiger partial charge < -0.3 is 10.6 Å². The number of amides is 4. The maximum absolute atomic E-state index is 13.1. The standard InChI is InChI=1S/C20H21F3N6O3S/c1-12(30)26-17-25-9-14(33-17)11-28-6-4-19(5-7-28)16(31)29(18(32)27-19)10-13-2-3-15(24-8-13)20(21,22)23/h2-3,8-9H,4-7,10-11H2,1H3,(H,27,32)(H,25,26,30). The summed E-state index contributed by atoms with van der Waals surface area (Å²) in [6, 6.07) is 1.49. The van der Waals surface area contributed by atoms with E-state index in [0.717, 1.165) is 22.0 Å². The molecule has 13 heteroatoms. The van der Waals surface area contributed by atoms with E-state index in [-0.39, 0.29) is 18.4 Å². The molecule has 4 heterocycles. The normalized spacial score (nSPS) is 18.6. The van der Waals surface area contributed by atoms with Crippen LogP contribution in [0.25, 0.3) is 0 Å². The van der Waals surface area contributed by atoms with E-state index in [1.54, 1.807) is 6.20 Å². The number of piperidine rings is 1. The Morgan fingerprint density at radius 1 is 1.18 bits per heavy atom. The summed E-state index contributed by atoms with van der Waals surface area (Å²) in [6.07, 6.45) is -1.00. The summed E-state index contributed by atoms with van der Waals surface area (Å²) in [6.45, 7) is 3.00. The third kappa shape index (κ3) is 4.98. The zero-order valence-corrected chi connectivity index (χ0v) is 18.4. The van der Waals surface area contributed by atoms with Crippen LogP contribution in [0, 0.1) is 0 Å². The molecule has 0 aromatic carbocycles. The average Bonchev–Trinajstić information content (AvgIpc) is 3.26. The summed E-state index contributed by atoms with van der Waals surface area (Å²) >= 11 is 1.38. The number of halogens is 3. The number of carbonyl (C=O) groups excluding carboxylic acids is 3. The predicted molar refractivity (Wildman–Crippen MR) is 112 cm³/mol. The number of aromatic nitrogens is 2. The number of alkyl halides is 3. The summed E-state index contributed by atoms with van der Waals surface area (Å²) in [5.41, 5.74) is -1.71. The third-order valence-corrected chi connectivity index (χ3v) is 6.52. The first-order valence-electron chi connectivity index (χ1n) is 10.2. The van der Waals surface area contributed by atoms with Crippen molar-refractivity contribution in [2.24, 2.45) is 0 Å². The molecular formula is C20H21F3N6O3S. The predicted octanol–water partition coefficient (Wildman–Crippen LogP) is 2.60. The first-order chi connectivity index (χ1) is 15.6. The molecule has 2 aliphatic heterocycles. The second-order valence-electron chi connectivity index (χ2n) is 8.04. The highest BCUT2D eigenvalue weighted by Gasteiger charge is 2.52. The van der Waals surface area contributed by atoms with Gasteiger partial charge in [-0.15, -0.1) is 11.3 Å². The van der Waals surface area contributed by atoms with Crippen LogP contribution in [-0.4, -0.2) is 56.2 Å². The Labute approximate surface area is 191 Å². The molecule has 0 aliphatic carbocycles. The van der Waals surface area contributed by atoms with Gasteiger partial charge in [-0.25, -0.2) is 9.78 Å². The van der Waals surface area contributed by atoms with Gasteiger partial charge in [0.05, 0.1) is 6.54 Å². The van der Waals surface area contributed by atoms with Crippen LogP contribution < -0.4 is 10.6 Å². The second-order valence-corrected chi connectivity index (χ2v) is 9.16. The van der Waals surface area contributed by atoms with E-state index in [1.165, 1.54) is 24.3 Å². The molecule has 2 N–H and O–H groups in total. The summed E-state index contributed by atoms with van der Waals surface area (Å²) in [5.74, 6) is -0.569. The van der Waals surface area contributed by atoms with Crippen LogP contribution in [0.2, 0.25) is 0 Å². The fourth-order valence-electron chi connectivity index (χ4n) is 3.93. The molecule has 4 amide bonds. The van der Waals surface area contributed by atoms with E-state index in [4.69, 9.17) is 0 Å². The zero-order chi connectivity index (χ0) is 23.8. The summed E-state index contributed by atoms with van der Waals surface area (Å²) < 4.78 is 38.1. The fourth-order valence-corrected chi connectivity index (χ4v) is 4.83. The average molecular weight is 482 g/mol. The van der Waals surface area contributed by atoms with Crippen molar-refractivity contribution in [1.82, 2.24) is 25.1 Å². The number of imide groups is 1. The minimum absolute atomic E-state index is 0.145. The number of thiazole rings is 1. The number of likely N-dealkylation sites (tertiary alicyclic amines) is 1. The van der Waals surface area contributed by atoms with E-state index >= 15 is 0 Å². The number of pyridine rings is 1. The summed E-state index contributed by atoms with van der Waals surface area (Å²) in [7, 11) is 0. The molecule has 0 atom stereocenters. The van der Waals surface area contributed by atoms with Crippen LogP contribution in [0.1, 0.15) is 35.9 Å². The van der Waals surface area contributed by atoms with Crippen LogP contribution in [0.15, 0.2) is 24.5 Å². The molecule has 0 radical (unpaired) electrons. The molecule has 2 aromatic heterocycles. The van der Waals surface area contributed by atoms with Crippen molar-refractivity contribution in [3.63, 3.8) is 0 Å². The first kappa shape index (κ1) is 23.1. The molecule has 33 heavy (non-hydrogen) atoms. The monoisotopic (exact) mass is 482 g/mol. The van der Waals surface area contributed by atoms with Gasteiger partial charge in [-0.3, -0.25) is 24.4 Å². The maximum atomic E-state index is 13.1. The lowest BCUT2D eigenvalue weighted by Crippen LogP contribution is -2.54. The largest absolute Gasteiger partial charge is 0.433 e. The zero-order valence-electron chi connectivity index (χ0n) is 17.6. The van der Waals surface area contributed by atoms with Crippen molar-refractivity contribution >= 4 is 34.3 Å². The van der Waals surface area contributed by atoms with Gasteiger partial charge >= 0.3 is 12.2 Å². The number of carbonyl (C=O) groups is 3. The third-order valence-electron chi connectivity index (χ3n) is 5.63. The smallest absolute Gasteiger partial charge is 0.323 e. The Hall–Kier alpha value is -3.06. The van der Waals surface area contributed by atoms with Gasteiger partial charge in [0.1, 0.15) is 11.2 Å². The molecule has 2 fully saturated rings. The van der Waals surface area contributed by atoms with Gasteiger partial charge in [0, 0.05) is 43.8 Å². The second kappa shape index (κ2) is 8.71. The van der Waals surface area contributed by atoms with E-state index in [2.05, 4.69) is 25.5 Å². The molecule has 0 bridgehead atoms. The number of nitrogens with one attached hydrogen (secondary N) is 2. The Bertz CT molecular complexity index is 1060. The SMILES string of the molecule is CC(=O)Nc1ncc(CN2CCC3(CC2)NC(=O)N(Cc2ccc(C(F)(F)F)nc2)C3=O)s1. The van der Waals surface area contributed by atoms with Crippen molar-refractivity contribution in [2.45, 2.75) is 44.6 Å². The molecule has 2 aromatic rings. The maximum Gasteiger partial charge on any atom is 0.433 e. The molecule has 4 rings (SSSR count). The lowest BCUT2D eigenvalue weighted by atomic mass is 9.87. The van der Waals surface area contributed by atoms with E-state index in [0.29, 0.717) is 43.2 Å². The van der Waals surface area contributed by atoms with Crippen molar-refractivity contribution in [3.8, 4) is 0 Å². The first-order valence-corrected chi connectivity index (χ1v) is 11.0. The number of hydrogen-bond donors (Lipinski definition) is 2. The highest BCUT2D eigenvalue weighted by atomic mass is 32.1. The number of urea groups is 1. The van der Waals surface area contributed by atoms with E-state index in [1.807, 2.05) is 0 Å². The summed E-state index contributed by atoms with van der Waals surface area (Å²) in [4.78, 5) is 48.4. The molecule has 2 aliphatic rings. The molecule has 2 saturated heterocycles. The minimum Gasteiger partial charge on any atom is -0.323 e. The van der Waals surface area contributed by atoms with Crippen LogP contribution in [0.3, 0.4) is 0 Å². The van der Waals surface area contributed by atoms with Gasteiger partial charge in [-0.2, -0.15) is 13.2 Å².